The largest absolute Gasteiger partial charge is 0.286 e. The van der Waals surface area contributed by atoms with Crippen LogP contribution in [0.3, 0.4) is 0 Å². The summed E-state index contributed by atoms with van der Waals surface area (Å²) in [5.41, 5.74) is 0. The smallest absolute Gasteiger partial charge is 0.224 e. The molecule has 14 heavy (non-hydrogen) atoms. The lowest BCUT2D eigenvalue weighted by Gasteiger charge is -2.04. The van der Waals surface area contributed by atoms with Crippen molar-refractivity contribution in [2.75, 3.05) is 0 Å². The van der Waals surface area contributed by atoms with Crippen LogP contribution in [0, 0.1) is 12.7 Å². The van der Waals surface area contributed by atoms with Gasteiger partial charge in [-0.25, -0.2) is 14.4 Å². The fraction of sp³-hybridized carbons (Fsp3) is 0.125. The molecule has 6 heteroatoms. The zero-order chi connectivity index (χ0) is 10.1. The fourth-order valence-corrected chi connectivity index (χ4v) is 1.24. The average molecular weight is 213 g/mol. The second-order valence-electron chi connectivity index (χ2n) is 2.66. The molecule has 0 amide bonds. The second kappa shape index (κ2) is 3.34. The summed E-state index contributed by atoms with van der Waals surface area (Å²) < 4.78 is 14.8. The topological polar surface area (TPSA) is 43.6 Å². The Hall–Kier alpha value is -1.49. The van der Waals surface area contributed by atoms with Gasteiger partial charge in [-0.2, -0.15) is 4.98 Å². The van der Waals surface area contributed by atoms with Gasteiger partial charge in [-0.05, 0) is 18.5 Å². The van der Waals surface area contributed by atoms with E-state index in [9.17, 15) is 4.39 Å². The van der Waals surface area contributed by atoms with Gasteiger partial charge in [0, 0.05) is 12.4 Å². The summed E-state index contributed by atoms with van der Waals surface area (Å²) in [6.45, 7) is 1.75. The van der Waals surface area contributed by atoms with E-state index in [-0.39, 0.29) is 11.1 Å². The predicted octanol–water partition coefficient (Wildman–Crippen LogP) is 1.76. The van der Waals surface area contributed by atoms with Crippen molar-refractivity contribution >= 4 is 11.6 Å². The first-order chi connectivity index (χ1) is 6.68. The highest BCUT2D eigenvalue weighted by Crippen LogP contribution is 2.13. The minimum absolute atomic E-state index is 0.00880. The van der Waals surface area contributed by atoms with Crippen molar-refractivity contribution < 1.29 is 4.39 Å². The van der Waals surface area contributed by atoms with Crippen LogP contribution in [0.5, 0.6) is 0 Å². The summed E-state index contributed by atoms with van der Waals surface area (Å²) in [7, 11) is 0. The first-order valence-corrected chi connectivity index (χ1v) is 4.24. The van der Waals surface area contributed by atoms with Crippen LogP contribution >= 0.6 is 11.6 Å². The summed E-state index contributed by atoms with van der Waals surface area (Å²) in [6.07, 6.45) is 4.20. The van der Waals surface area contributed by atoms with Gasteiger partial charge in [0.2, 0.25) is 5.28 Å². The van der Waals surface area contributed by atoms with E-state index in [1.54, 1.807) is 19.3 Å². The van der Waals surface area contributed by atoms with Crippen molar-refractivity contribution in [3.05, 3.63) is 35.5 Å². The number of imidazole rings is 1. The number of hydrogen-bond acceptors (Lipinski definition) is 3. The zero-order valence-electron chi connectivity index (χ0n) is 7.28. The van der Waals surface area contributed by atoms with Crippen molar-refractivity contribution in [2.45, 2.75) is 6.92 Å². The van der Waals surface area contributed by atoms with E-state index in [1.165, 1.54) is 4.57 Å². The molecule has 0 atom stereocenters. The van der Waals surface area contributed by atoms with Crippen LogP contribution in [-0.2, 0) is 0 Å². The maximum absolute atomic E-state index is 13.3. The first kappa shape index (κ1) is 9.08. The Balaban J connectivity index is 2.62. The lowest BCUT2D eigenvalue weighted by molar-refractivity contribution is 0.599. The van der Waals surface area contributed by atoms with Crippen molar-refractivity contribution in [2.24, 2.45) is 0 Å². The summed E-state index contributed by atoms with van der Waals surface area (Å²) in [5.74, 6) is 0.217. The van der Waals surface area contributed by atoms with Gasteiger partial charge in [-0.15, -0.1) is 0 Å². The number of hydrogen-bond donors (Lipinski definition) is 0. The molecule has 0 aliphatic heterocycles. The highest BCUT2D eigenvalue weighted by Gasteiger charge is 2.09. The molecule has 0 bridgehead atoms. The third-order valence-corrected chi connectivity index (χ3v) is 1.93. The quantitative estimate of drug-likeness (QED) is 0.677. The molecule has 0 fully saturated rings. The van der Waals surface area contributed by atoms with Gasteiger partial charge >= 0.3 is 0 Å². The Kier molecular flexibility index (Phi) is 2.17. The van der Waals surface area contributed by atoms with E-state index in [1.807, 2.05) is 0 Å². The minimum atomic E-state index is -0.532. The molecule has 0 aromatic carbocycles. The molecule has 0 N–H and O–H groups in total. The molecule has 72 valence electrons. The Morgan fingerprint density at radius 1 is 1.43 bits per heavy atom. The number of halogens is 2. The van der Waals surface area contributed by atoms with Gasteiger partial charge in [0.05, 0.1) is 6.20 Å². The predicted molar refractivity (Wildman–Crippen MR) is 48.9 cm³/mol. The summed E-state index contributed by atoms with van der Waals surface area (Å²) in [4.78, 5) is 11.3. The molecule has 2 aromatic rings. The van der Waals surface area contributed by atoms with Crippen molar-refractivity contribution in [1.29, 1.82) is 0 Å². The molecule has 0 radical (unpaired) electrons. The van der Waals surface area contributed by atoms with Crippen LogP contribution in [-0.4, -0.2) is 19.5 Å². The number of nitrogens with zero attached hydrogens (tertiary/aromatic N) is 4. The van der Waals surface area contributed by atoms with E-state index >= 15 is 0 Å². The van der Waals surface area contributed by atoms with Crippen molar-refractivity contribution in [3.8, 4) is 5.82 Å². The van der Waals surface area contributed by atoms with E-state index in [0.29, 0.717) is 5.82 Å². The van der Waals surface area contributed by atoms with Crippen LogP contribution < -0.4 is 0 Å². The van der Waals surface area contributed by atoms with Crippen LogP contribution in [0.4, 0.5) is 4.39 Å². The van der Waals surface area contributed by atoms with E-state index in [0.717, 1.165) is 6.20 Å². The molecule has 0 saturated carbocycles. The molecule has 4 nitrogen and oxygen atoms in total. The van der Waals surface area contributed by atoms with Gasteiger partial charge in [0.1, 0.15) is 5.82 Å². The molecule has 0 aliphatic carbocycles. The Morgan fingerprint density at radius 2 is 2.21 bits per heavy atom. The molecular formula is C8H6ClFN4. The van der Waals surface area contributed by atoms with Crippen molar-refractivity contribution in [1.82, 2.24) is 19.5 Å². The average Bonchev–Trinajstić information content (AvgIpc) is 2.56. The minimum Gasteiger partial charge on any atom is -0.286 e. The normalized spacial score (nSPS) is 10.5. The lowest BCUT2D eigenvalue weighted by atomic mass is 10.5. The summed E-state index contributed by atoms with van der Waals surface area (Å²) >= 11 is 5.56. The molecule has 0 unspecified atom stereocenters. The van der Waals surface area contributed by atoms with Gasteiger partial charge in [0.25, 0.3) is 0 Å². The number of aromatic nitrogens is 4. The third kappa shape index (κ3) is 1.46. The van der Waals surface area contributed by atoms with Crippen LogP contribution in [0.25, 0.3) is 5.82 Å². The maximum Gasteiger partial charge on any atom is 0.224 e. The SMILES string of the molecule is Cc1nccn1-c1nc(Cl)ncc1F. The molecule has 0 aliphatic rings. The highest BCUT2D eigenvalue weighted by molar-refractivity contribution is 6.28. The molecular weight excluding hydrogens is 207 g/mol. The van der Waals surface area contributed by atoms with Crippen LogP contribution in [0.15, 0.2) is 18.6 Å². The summed E-state index contributed by atoms with van der Waals surface area (Å²) in [6, 6.07) is 0. The molecule has 0 spiro atoms. The van der Waals surface area contributed by atoms with E-state index in [4.69, 9.17) is 11.6 Å². The second-order valence-corrected chi connectivity index (χ2v) is 2.99. The molecule has 0 saturated heterocycles. The molecule has 2 rings (SSSR count). The van der Waals surface area contributed by atoms with Crippen LogP contribution in [0.1, 0.15) is 5.82 Å². The maximum atomic E-state index is 13.3. The summed E-state index contributed by atoms with van der Waals surface area (Å²) in [5, 5.41) is 0.00880. The third-order valence-electron chi connectivity index (χ3n) is 1.75. The zero-order valence-corrected chi connectivity index (χ0v) is 8.03. The van der Waals surface area contributed by atoms with E-state index < -0.39 is 5.82 Å². The van der Waals surface area contributed by atoms with Gasteiger partial charge < -0.3 is 0 Å². The van der Waals surface area contributed by atoms with Gasteiger partial charge in [-0.1, -0.05) is 0 Å². The van der Waals surface area contributed by atoms with Gasteiger partial charge in [0.15, 0.2) is 11.6 Å². The monoisotopic (exact) mass is 212 g/mol. The highest BCUT2D eigenvalue weighted by atomic mass is 35.5. The van der Waals surface area contributed by atoms with Crippen molar-refractivity contribution in [3.63, 3.8) is 0 Å². The Morgan fingerprint density at radius 3 is 2.86 bits per heavy atom. The lowest BCUT2D eigenvalue weighted by Crippen LogP contribution is -2.03. The van der Waals surface area contributed by atoms with Crippen LogP contribution in [0.2, 0.25) is 5.28 Å². The molecule has 2 aromatic heterocycles. The van der Waals surface area contributed by atoms with Gasteiger partial charge in [-0.3, -0.25) is 4.57 Å². The first-order valence-electron chi connectivity index (χ1n) is 3.87. The number of rotatable bonds is 1. The molecule has 2 heterocycles. The Bertz CT molecular complexity index is 468. The standard InChI is InChI=1S/C8H6ClFN4/c1-5-11-2-3-14(5)7-6(10)4-12-8(9)13-7/h2-4H,1H3. The number of aryl methyl sites for hydroxylation is 1. The van der Waals surface area contributed by atoms with E-state index in [2.05, 4.69) is 15.0 Å². The fourth-order valence-electron chi connectivity index (χ4n) is 1.11. The Labute approximate surface area is 84.4 Å².